The highest BCUT2D eigenvalue weighted by molar-refractivity contribution is 5.79. The predicted molar refractivity (Wildman–Crippen MR) is 84.5 cm³/mol. The molecule has 0 spiro atoms. The Morgan fingerprint density at radius 2 is 1.60 bits per heavy atom. The summed E-state index contributed by atoms with van der Waals surface area (Å²) in [7, 11) is 0. The van der Waals surface area contributed by atoms with Crippen molar-refractivity contribution in [1.82, 2.24) is 5.32 Å². The molecule has 0 bridgehead atoms. The average Bonchev–Trinajstić information content (AvgIpc) is 2.36. The fraction of sp³-hybridized carbons (Fsp3) is 0.588. The van der Waals surface area contributed by atoms with Gasteiger partial charge in [0.1, 0.15) is 0 Å². The van der Waals surface area contributed by atoms with Crippen LogP contribution in [0.15, 0.2) is 24.3 Å². The van der Waals surface area contributed by atoms with E-state index < -0.39 is 0 Å². The van der Waals surface area contributed by atoms with Gasteiger partial charge in [0.15, 0.2) is 0 Å². The zero-order valence-electron chi connectivity index (χ0n) is 13.5. The minimum absolute atomic E-state index is 0.00211. The van der Waals surface area contributed by atoms with E-state index in [1.165, 1.54) is 5.56 Å². The standard InChI is InChI=1S/C17H28N2O/c1-11(12(2)18)16(20)19-13(3)14-7-9-15(10-8-14)17(4,5)6/h7-13H,18H2,1-6H3,(H,19,20). The summed E-state index contributed by atoms with van der Waals surface area (Å²) in [6.45, 7) is 12.3. The van der Waals surface area contributed by atoms with Gasteiger partial charge in [0.05, 0.1) is 6.04 Å². The average molecular weight is 276 g/mol. The van der Waals surface area contributed by atoms with Crippen LogP contribution in [0.2, 0.25) is 0 Å². The first kappa shape index (κ1) is 16.7. The van der Waals surface area contributed by atoms with Gasteiger partial charge in [0.25, 0.3) is 0 Å². The van der Waals surface area contributed by atoms with Crippen molar-refractivity contribution < 1.29 is 4.79 Å². The largest absolute Gasteiger partial charge is 0.349 e. The Hall–Kier alpha value is -1.35. The van der Waals surface area contributed by atoms with E-state index in [2.05, 4.69) is 50.4 Å². The van der Waals surface area contributed by atoms with Crippen molar-refractivity contribution in [3.05, 3.63) is 35.4 Å². The molecule has 0 saturated carbocycles. The van der Waals surface area contributed by atoms with Crippen LogP contribution in [0.3, 0.4) is 0 Å². The van der Waals surface area contributed by atoms with Crippen molar-refractivity contribution in [1.29, 1.82) is 0 Å². The molecule has 0 fully saturated rings. The Bertz CT molecular complexity index is 443. The molecular weight excluding hydrogens is 248 g/mol. The van der Waals surface area contributed by atoms with Crippen molar-refractivity contribution in [3.63, 3.8) is 0 Å². The van der Waals surface area contributed by atoms with Crippen molar-refractivity contribution >= 4 is 5.91 Å². The smallest absolute Gasteiger partial charge is 0.224 e. The maximum atomic E-state index is 12.0. The first-order chi connectivity index (χ1) is 9.12. The van der Waals surface area contributed by atoms with Gasteiger partial charge >= 0.3 is 0 Å². The van der Waals surface area contributed by atoms with Crippen molar-refractivity contribution in [3.8, 4) is 0 Å². The lowest BCUT2D eigenvalue weighted by molar-refractivity contribution is -0.125. The van der Waals surface area contributed by atoms with E-state index in [1.807, 2.05) is 20.8 Å². The first-order valence-corrected chi connectivity index (χ1v) is 7.29. The third kappa shape index (κ3) is 4.34. The molecular formula is C17H28N2O. The maximum absolute atomic E-state index is 12.0. The number of nitrogens with two attached hydrogens (primary N) is 1. The number of rotatable bonds is 4. The Kier molecular flexibility index (Phi) is 5.35. The van der Waals surface area contributed by atoms with Crippen LogP contribution in [-0.4, -0.2) is 11.9 Å². The molecule has 3 N–H and O–H groups in total. The predicted octanol–water partition coefficient (Wildman–Crippen LogP) is 3.14. The van der Waals surface area contributed by atoms with E-state index in [9.17, 15) is 4.79 Å². The van der Waals surface area contributed by atoms with Gasteiger partial charge in [-0.15, -0.1) is 0 Å². The van der Waals surface area contributed by atoms with Crippen molar-refractivity contribution in [2.45, 2.75) is 59.0 Å². The van der Waals surface area contributed by atoms with E-state index in [4.69, 9.17) is 5.73 Å². The molecule has 0 aromatic heterocycles. The summed E-state index contributed by atoms with van der Waals surface area (Å²) < 4.78 is 0. The lowest BCUT2D eigenvalue weighted by Crippen LogP contribution is -2.39. The number of amides is 1. The van der Waals surface area contributed by atoms with Gasteiger partial charge < -0.3 is 11.1 Å². The highest BCUT2D eigenvalue weighted by Gasteiger charge is 2.19. The summed E-state index contributed by atoms with van der Waals surface area (Å²) in [6, 6.07) is 8.30. The molecule has 3 atom stereocenters. The molecule has 0 saturated heterocycles. The number of nitrogens with one attached hydrogen (secondary N) is 1. The van der Waals surface area contributed by atoms with Crippen LogP contribution in [-0.2, 0) is 10.2 Å². The molecule has 3 nitrogen and oxygen atoms in total. The normalized spacial score (nSPS) is 16.4. The highest BCUT2D eigenvalue weighted by atomic mass is 16.1. The van der Waals surface area contributed by atoms with Crippen molar-refractivity contribution in [2.75, 3.05) is 0 Å². The van der Waals surface area contributed by atoms with E-state index in [0.717, 1.165) is 5.56 Å². The number of carbonyl (C=O) groups excluding carboxylic acids is 1. The highest BCUT2D eigenvalue weighted by Crippen LogP contribution is 2.24. The monoisotopic (exact) mass is 276 g/mol. The van der Waals surface area contributed by atoms with Gasteiger partial charge in [0.2, 0.25) is 5.91 Å². The molecule has 1 aromatic carbocycles. The Balaban J connectivity index is 2.74. The van der Waals surface area contributed by atoms with Crippen LogP contribution in [0.25, 0.3) is 0 Å². The maximum Gasteiger partial charge on any atom is 0.224 e. The van der Waals surface area contributed by atoms with Crippen LogP contribution in [0.1, 0.15) is 58.7 Å². The summed E-state index contributed by atoms with van der Waals surface area (Å²) in [5, 5.41) is 3.02. The zero-order valence-corrected chi connectivity index (χ0v) is 13.5. The van der Waals surface area contributed by atoms with Crippen LogP contribution in [0.4, 0.5) is 0 Å². The zero-order chi connectivity index (χ0) is 15.5. The van der Waals surface area contributed by atoms with Crippen LogP contribution in [0.5, 0.6) is 0 Å². The lowest BCUT2D eigenvalue weighted by Gasteiger charge is -2.22. The first-order valence-electron chi connectivity index (χ1n) is 7.29. The molecule has 1 aromatic rings. The van der Waals surface area contributed by atoms with Gasteiger partial charge in [-0.3, -0.25) is 4.79 Å². The fourth-order valence-electron chi connectivity index (χ4n) is 1.94. The molecule has 0 aliphatic heterocycles. The topological polar surface area (TPSA) is 55.1 Å². The minimum Gasteiger partial charge on any atom is -0.349 e. The fourth-order valence-corrected chi connectivity index (χ4v) is 1.94. The van der Waals surface area contributed by atoms with Gasteiger partial charge in [-0.25, -0.2) is 0 Å². The van der Waals surface area contributed by atoms with Crippen LogP contribution in [0, 0.1) is 5.92 Å². The Morgan fingerprint density at radius 3 is 2.00 bits per heavy atom. The summed E-state index contributed by atoms with van der Waals surface area (Å²) >= 11 is 0. The third-order valence-electron chi connectivity index (χ3n) is 3.84. The second-order valence-electron chi connectivity index (χ2n) is 6.75. The van der Waals surface area contributed by atoms with Crippen molar-refractivity contribution in [2.24, 2.45) is 11.7 Å². The molecule has 0 radical (unpaired) electrons. The number of hydrogen-bond donors (Lipinski definition) is 2. The molecule has 0 aliphatic carbocycles. The van der Waals surface area contributed by atoms with Gasteiger partial charge in [-0.05, 0) is 30.4 Å². The molecule has 112 valence electrons. The quantitative estimate of drug-likeness (QED) is 0.887. The van der Waals surface area contributed by atoms with Gasteiger partial charge in [-0.2, -0.15) is 0 Å². The summed E-state index contributed by atoms with van der Waals surface area (Å²) in [4.78, 5) is 12.0. The second kappa shape index (κ2) is 6.40. The molecule has 3 unspecified atom stereocenters. The summed E-state index contributed by atoms with van der Waals surface area (Å²) in [5.41, 5.74) is 8.31. The van der Waals surface area contributed by atoms with E-state index in [1.54, 1.807) is 0 Å². The van der Waals surface area contributed by atoms with Gasteiger partial charge in [-0.1, -0.05) is 52.0 Å². The van der Waals surface area contributed by atoms with E-state index in [0.29, 0.717) is 0 Å². The summed E-state index contributed by atoms with van der Waals surface area (Å²) in [6.07, 6.45) is 0. The molecule has 20 heavy (non-hydrogen) atoms. The third-order valence-corrected chi connectivity index (χ3v) is 3.84. The SMILES string of the molecule is CC(NC(=O)C(C)C(C)N)c1ccc(C(C)(C)C)cc1. The molecule has 1 rings (SSSR count). The number of benzene rings is 1. The Labute approximate surface area is 122 Å². The summed E-state index contributed by atoms with van der Waals surface area (Å²) in [5.74, 6) is -0.168. The Morgan fingerprint density at radius 1 is 1.10 bits per heavy atom. The lowest BCUT2D eigenvalue weighted by atomic mass is 9.86. The van der Waals surface area contributed by atoms with E-state index in [-0.39, 0.29) is 29.3 Å². The molecule has 3 heteroatoms. The number of carbonyl (C=O) groups is 1. The van der Waals surface area contributed by atoms with Gasteiger partial charge in [0, 0.05) is 12.0 Å². The second-order valence-corrected chi connectivity index (χ2v) is 6.75. The molecule has 1 amide bonds. The minimum atomic E-state index is -0.175. The van der Waals surface area contributed by atoms with Crippen LogP contribution < -0.4 is 11.1 Å². The number of hydrogen-bond acceptors (Lipinski definition) is 2. The van der Waals surface area contributed by atoms with Crippen LogP contribution >= 0.6 is 0 Å². The molecule has 0 aliphatic rings. The van der Waals surface area contributed by atoms with E-state index >= 15 is 0 Å². The molecule has 0 heterocycles.